The summed E-state index contributed by atoms with van der Waals surface area (Å²) in [6, 6.07) is 6.09. The lowest BCUT2D eigenvalue weighted by molar-refractivity contribution is -0.145. The van der Waals surface area contributed by atoms with Gasteiger partial charge in [-0.2, -0.15) is 28.5 Å². The summed E-state index contributed by atoms with van der Waals surface area (Å²) in [5.74, 6) is -1.20. The van der Waals surface area contributed by atoms with Crippen molar-refractivity contribution in [3.63, 3.8) is 0 Å². The van der Waals surface area contributed by atoms with Gasteiger partial charge in [0.05, 0.1) is 30.1 Å². The van der Waals surface area contributed by atoms with Gasteiger partial charge in [-0.05, 0) is 45.3 Å². The first-order chi connectivity index (χ1) is 20.7. The van der Waals surface area contributed by atoms with Crippen LogP contribution in [-0.2, 0) is 18.3 Å². The van der Waals surface area contributed by atoms with E-state index in [-0.39, 0.29) is 24.2 Å². The van der Waals surface area contributed by atoms with E-state index in [2.05, 4.69) is 41.0 Å². The van der Waals surface area contributed by atoms with Crippen LogP contribution in [0.5, 0.6) is 5.88 Å². The molecule has 1 saturated heterocycles. The topological polar surface area (TPSA) is 125 Å². The van der Waals surface area contributed by atoms with Gasteiger partial charge in [0.25, 0.3) is 0 Å². The second-order valence-electron chi connectivity index (χ2n) is 11.5. The van der Waals surface area contributed by atoms with E-state index >= 15 is 0 Å². The van der Waals surface area contributed by atoms with E-state index in [0.717, 1.165) is 35.1 Å². The van der Waals surface area contributed by atoms with Crippen LogP contribution in [0.15, 0.2) is 37.1 Å². The van der Waals surface area contributed by atoms with Crippen molar-refractivity contribution in [2.75, 3.05) is 26.7 Å². The molecule has 2 aliphatic rings. The molecule has 1 aliphatic carbocycles. The highest BCUT2D eigenvalue weighted by atomic mass is 19.4. The van der Waals surface area contributed by atoms with Gasteiger partial charge >= 0.3 is 6.18 Å². The minimum Gasteiger partial charge on any atom is -0.474 e. The molecule has 1 aliphatic heterocycles. The number of hydrogen-bond acceptors (Lipinski definition) is 9. The molecule has 226 valence electrons. The van der Waals surface area contributed by atoms with Gasteiger partial charge in [0.2, 0.25) is 11.7 Å². The first-order valence-corrected chi connectivity index (χ1v) is 14.4. The Labute approximate surface area is 246 Å². The van der Waals surface area contributed by atoms with Crippen molar-refractivity contribution in [1.29, 1.82) is 5.26 Å². The quantitative estimate of drug-likeness (QED) is 0.300. The third-order valence-electron chi connectivity index (χ3n) is 8.53. The highest BCUT2D eigenvalue weighted by molar-refractivity contribution is 5.90. The smallest absolute Gasteiger partial charge is 0.451 e. The van der Waals surface area contributed by atoms with Crippen LogP contribution in [0.3, 0.4) is 0 Å². The Hall–Kier alpha value is -4.09. The number of ether oxygens (including phenoxy) is 1. The SMILES string of the molecule is CCN(C)Cc1cc(O[C@H]2CC[C@@H](N3CC(CC#N)(n4cc(-c5ncnc6[nH]ccc56)cn4)C3)CC2)nc(C(F)(F)F)n1. The Balaban J connectivity index is 1.09. The Morgan fingerprint density at radius 1 is 1.19 bits per heavy atom. The number of aromatic nitrogens is 7. The van der Waals surface area contributed by atoms with Crippen LogP contribution in [0, 0.1) is 11.3 Å². The molecule has 0 amide bonds. The number of H-pyrrole nitrogens is 1. The highest BCUT2D eigenvalue weighted by Gasteiger charge is 2.48. The Morgan fingerprint density at radius 2 is 1.98 bits per heavy atom. The van der Waals surface area contributed by atoms with Crippen LogP contribution < -0.4 is 4.74 Å². The molecule has 4 aromatic heterocycles. The molecule has 43 heavy (non-hydrogen) atoms. The van der Waals surface area contributed by atoms with Crippen LogP contribution in [0.4, 0.5) is 13.2 Å². The van der Waals surface area contributed by atoms with Crippen molar-refractivity contribution in [1.82, 2.24) is 44.5 Å². The molecular formula is C29H33F3N10O. The largest absolute Gasteiger partial charge is 0.474 e. The summed E-state index contributed by atoms with van der Waals surface area (Å²) in [5, 5.41) is 15.2. The lowest BCUT2D eigenvalue weighted by Gasteiger charge is -2.53. The van der Waals surface area contributed by atoms with Crippen LogP contribution >= 0.6 is 0 Å². The molecule has 0 aromatic carbocycles. The number of nitrogens with zero attached hydrogens (tertiary/aromatic N) is 9. The molecule has 1 N–H and O–H groups in total. The second kappa shape index (κ2) is 11.5. The fourth-order valence-corrected chi connectivity index (χ4v) is 6.09. The number of aromatic amines is 1. The molecule has 0 spiro atoms. The van der Waals surface area contributed by atoms with Gasteiger partial charge in [0, 0.05) is 55.1 Å². The van der Waals surface area contributed by atoms with Crippen LogP contribution in [0.1, 0.15) is 50.5 Å². The van der Waals surface area contributed by atoms with Crippen molar-refractivity contribution >= 4 is 11.0 Å². The van der Waals surface area contributed by atoms with E-state index in [4.69, 9.17) is 4.74 Å². The predicted octanol–water partition coefficient (Wildman–Crippen LogP) is 4.40. The number of hydrogen-bond donors (Lipinski definition) is 1. The molecule has 6 rings (SSSR count). The van der Waals surface area contributed by atoms with E-state index in [0.29, 0.717) is 44.9 Å². The maximum absolute atomic E-state index is 13.5. The fourth-order valence-electron chi connectivity index (χ4n) is 6.09. The lowest BCUT2D eigenvalue weighted by atomic mass is 9.82. The van der Waals surface area contributed by atoms with Crippen LogP contribution in [-0.4, -0.2) is 83.3 Å². The number of nitriles is 1. The van der Waals surface area contributed by atoms with Gasteiger partial charge in [0.1, 0.15) is 23.6 Å². The van der Waals surface area contributed by atoms with Crippen molar-refractivity contribution in [3.05, 3.63) is 48.6 Å². The number of rotatable bonds is 9. The van der Waals surface area contributed by atoms with Crippen molar-refractivity contribution in [2.45, 2.75) is 69.4 Å². The van der Waals surface area contributed by atoms with Crippen LogP contribution in [0.2, 0.25) is 0 Å². The Bertz CT molecular complexity index is 1610. The molecule has 4 aromatic rings. The maximum Gasteiger partial charge on any atom is 0.451 e. The average molecular weight is 595 g/mol. The third-order valence-corrected chi connectivity index (χ3v) is 8.53. The third kappa shape index (κ3) is 5.92. The first-order valence-electron chi connectivity index (χ1n) is 14.4. The number of fused-ring (bicyclic) bond motifs is 1. The van der Waals surface area contributed by atoms with Crippen LogP contribution in [0.25, 0.3) is 22.3 Å². The summed E-state index contributed by atoms with van der Waals surface area (Å²) in [6.45, 7) is 4.26. The van der Waals surface area contributed by atoms with E-state index in [1.807, 2.05) is 42.0 Å². The van der Waals surface area contributed by atoms with Gasteiger partial charge < -0.3 is 14.6 Å². The molecular weight excluding hydrogens is 561 g/mol. The Morgan fingerprint density at radius 3 is 2.70 bits per heavy atom. The summed E-state index contributed by atoms with van der Waals surface area (Å²) in [5.41, 5.74) is 2.26. The predicted molar refractivity (Wildman–Crippen MR) is 151 cm³/mol. The summed E-state index contributed by atoms with van der Waals surface area (Å²) in [7, 11) is 1.82. The molecule has 0 atom stereocenters. The summed E-state index contributed by atoms with van der Waals surface area (Å²) in [6.07, 6.45) is 5.62. The standard InChI is InChI=1S/C29H33F3N10O/c1-3-40(2)15-20-12-24(39-27(38-20)29(30,31)32)43-22-6-4-21(5-7-22)41-16-28(17-41,9-10-33)42-14-19(13-37-42)25-23-8-11-34-26(23)36-18-35-25/h8,11-14,18,21-22H,3-7,9,15-17H2,1-2H3,(H,34,35,36)/t21-,22+. The number of nitrogens with one attached hydrogen (secondary N) is 1. The minimum absolute atomic E-state index is 0.0302. The van der Waals surface area contributed by atoms with Gasteiger partial charge in [-0.25, -0.2) is 15.0 Å². The van der Waals surface area contributed by atoms with Gasteiger partial charge in [-0.3, -0.25) is 9.58 Å². The number of halogens is 3. The van der Waals surface area contributed by atoms with Gasteiger partial charge in [-0.15, -0.1) is 0 Å². The zero-order valence-corrected chi connectivity index (χ0v) is 24.0. The first kappa shape index (κ1) is 29.0. The maximum atomic E-state index is 13.5. The molecule has 2 fully saturated rings. The zero-order chi connectivity index (χ0) is 30.2. The van der Waals surface area contributed by atoms with E-state index in [9.17, 15) is 18.4 Å². The number of likely N-dealkylation sites (tertiary alicyclic amines) is 1. The molecule has 1 saturated carbocycles. The molecule has 11 nitrogen and oxygen atoms in total. The average Bonchev–Trinajstić information content (AvgIpc) is 3.65. The van der Waals surface area contributed by atoms with Gasteiger partial charge in [0.15, 0.2) is 0 Å². The van der Waals surface area contributed by atoms with Gasteiger partial charge in [-0.1, -0.05) is 6.92 Å². The number of alkyl halides is 3. The second-order valence-corrected chi connectivity index (χ2v) is 11.5. The highest BCUT2D eigenvalue weighted by Crippen LogP contribution is 2.39. The molecule has 14 heteroatoms. The Kier molecular flexibility index (Phi) is 7.78. The van der Waals surface area contributed by atoms with E-state index in [1.54, 1.807) is 6.20 Å². The zero-order valence-electron chi connectivity index (χ0n) is 24.0. The fraction of sp³-hybridized carbons (Fsp3) is 0.517. The normalized spacial score (nSPS) is 20.7. The monoisotopic (exact) mass is 594 g/mol. The summed E-state index contributed by atoms with van der Waals surface area (Å²) in [4.78, 5) is 23.5. The van der Waals surface area contributed by atoms with Crippen molar-refractivity contribution < 1.29 is 17.9 Å². The van der Waals surface area contributed by atoms with Crippen molar-refractivity contribution in [2.24, 2.45) is 0 Å². The van der Waals surface area contributed by atoms with E-state index in [1.165, 1.54) is 12.4 Å². The molecule has 0 bridgehead atoms. The van der Waals surface area contributed by atoms with E-state index < -0.39 is 17.5 Å². The summed E-state index contributed by atoms with van der Waals surface area (Å²) >= 11 is 0. The molecule has 0 radical (unpaired) electrons. The molecule has 0 unspecified atom stereocenters. The minimum atomic E-state index is -4.65. The van der Waals surface area contributed by atoms with Crippen molar-refractivity contribution in [3.8, 4) is 23.2 Å². The molecule has 5 heterocycles. The lowest BCUT2D eigenvalue weighted by Crippen LogP contribution is -2.65. The summed E-state index contributed by atoms with van der Waals surface area (Å²) < 4.78 is 48.3.